The zero-order valence-electron chi connectivity index (χ0n) is 10.2. The van der Waals surface area contributed by atoms with E-state index in [1.807, 2.05) is 0 Å². The summed E-state index contributed by atoms with van der Waals surface area (Å²) in [5.74, 6) is -0.783. The molecule has 7 nitrogen and oxygen atoms in total. The smallest absolute Gasteiger partial charge is 0.400 e. The van der Waals surface area contributed by atoms with E-state index < -0.39 is 16.7 Å². The van der Waals surface area contributed by atoms with Crippen molar-refractivity contribution in [2.45, 2.75) is 0 Å². The summed E-state index contributed by atoms with van der Waals surface area (Å²) >= 11 is 11.5. The first kappa shape index (κ1) is 15.0. The van der Waals surface area contributed by atoms with Gasteiger partial charge in [0, 0.05) is 5.56 Å². The van der Waals surface area contributed by atoms with Gasteiger partial charge < -0.3 is 4.42 Å². The Balaban J connectivity index is 2.01. The molecule has 0 aliphatic heterocycles. The van der Waals surface area contributed by atoms with Crippen LogP contribution in [0.3, 0.4) is 0 Å². The highest BCUT2D eigenvalue weighted by Crippen LogP contribution is 2.22. The van der Waals surface area contributed by atoms with Crippen LogP contribution in [-0.4, -0.2) is 17.0 Å². The largest absolute Gasteiger partial charge is 0.433 e. The van der Waals surface area contributed by atoms with Gasteiger partial charge in [-0.05, 0) is 24.3 Å². The minimum Gasteiger partial charge on any atom is -0.400 e. The summed E-state index contributed by atoms with van der Waals surface area (Å²) in [5, 5.41) is 14.6. The zero-order valence-corrected chi connectivity index (χ0v) is 11.8. The topological polar surface area (TPSA) is 97.7 Å². The number of nitrogens with one attached hydrogen (secondary N) is 1. The lowest BCUT2D eigenvalue weighted by Crippen LogP contribution is -2.17. The van der Waals surface area contributed by atoms with Gasteiger partial charge >= 0.3 is 5.88 Å². The van der Waals surface area contributed by atoms with Crippen LogP contribution in [-0.2, 0) is 0 Å². The number of amides is 1. The van der Waals surface area contributed by atoms with Crippen LogP contribution >= 0.6 is 23.2 Å². The number of benzene rings is 1. The molecule has 0 aliphatic carbocycles. The fourth-order valence-corrected chi connectivity index (χ4v) is 1.66. The summed E-state index contributed by atoms with van der Waals surface area (Å²) < 4.78 is 4.83. The number of nitro groups is 1. The lowest BCUT2D eigenvalue weighted by Gasteiger charge is -2.01. The molecule has 0 bridgehead atoms. The number of rotatable bonds is 4. The van der Waals surface area contributed by atoms with Gasteiger partial charge in [0.05, 0.1) is 22.3 Å². The first-order valence-electron chi connectivity index (χ1n) is 5.50. The summed E-state index contributed by atoms with van der Waals surface area (Å²) in [6, 6.07) is 6.90. The van der Waals surface area contributed by atoms with E-state index in [1.165, 1.54) is 30.3 Å². The van der Waals surface area contributed by atoms with Gasteiger partial charge in [0.1, 0.15) is 4.92 Å². The molecule has 0 spiro atoms. The molecule has 2 rings (SSSR count). The summed E-state index contributed by atoms with van der Waals surface area (Å²) in [5.41, 5.74) is 2.50. The van der Waals surface area contributed by atoms with Crippen LogP contribution < -0.4 is 5.43 Å². The predicted octanol–water partition coefficient (Wildman–Crippen LogP) is 3.26. The fraction of sp³-hybridized carbons (Fsp3) is 0. The summed E-state index contributed by atoms with van der Waals surface area (Å²) in [4.78, 5) is 21.5. The Morgan fingerprint density at radius 2 is 2.05 bits per heavy atom. The summed E-state index contributed by atoms with van der Waals surface area (Å²) in [7, 11) is 0. The number of nitrogens with zero attached hydrogens (tertiary/aromatic N) is 2. The number of hydrazone groups is 1. The van der Waals surface area contributed by atoms with Crippen molar-refractivity contribution < 1.29 is 14.1 Å². The zero-order chi connectivity index (χ0) is 15.4. The Bertz CT molecular complexity index is 727. The Hall–Kier alpha value is -2.38. The highest BCUT2D eigenvalue weighted by molar-refractivity contribution is 6.42. The second kappa shape index (κ2) is 6.38. The molecular formula is C12H7Cl2N3O4. The van der Waals surface area contributed by atoms with Gasteiger partial charge in [-0.1, -0.05) is 23.2 Å². The monoisotopic (exact) mass is 327 g/mol. The van der Waals surface area contributed by atoms with E-state index >= 15 is 0 Å². The molecule has 0 saturated heterocycles. The third-order valence-corrected chi connectivity index (χ3v) is 3.07. The van der Waals surface area contributed by atoms with Gasteiger partial charge in [-0.3, -0.25) is 14.9 Å². The predicted molar refractivity (Wildman–Crippen MR) is 76.9 cm³/mol. The molecule has 21 heavy (non-hydrogen) atoms. The van der Waals surface area contributed by atoms with E-state index in [0.717, 1.165) is 6.21 Å². The molecule has 0 radical (unpaired) electrons. The minimum atomic E-state index is -0.675. The number of halogens is 2. The van der Waals surface area contributed by atoms with Crippen molar-refractivity contribution in [2.75, 3.05) is 0 Å². The maximum absolute atomic E-state index is 11.7. The molecule has 1 aromatic carbocycles. The van der Waals surface area contributed by atoms with Gasteiger partial charge in [0.15, 0.2) is 5.76 Å². The Labute approximate surface area is 128 Å². The number of hydrogen-bond acceptors (Lipinski definition) is 5. The van der Waals surface area contributed by atoms with E-state index in [2.05, 4.69) is 10.5 Å². The normalized spacial score (nSPS) is 10.8. The van der Waals surface area contributed by atoms with Gasteiger partial charge in [-0.15, -0.1) is 0 Å². The van der Waals surface area contributed by atoms with Crippen LogP contribution in [0, 0.1) is 10.1 Å². The fourth-order valence-electron chi connectivity index (χ4n) is 1.37. The van der Waals surface area contributed by atoms with Crippen molar-refractivity contribution in [3.8, 4) is 0 Å². The van der Waals surface area contributed by atoms with Crippen LogP contribution in [0.5, 0.6) is 0 Å². The highest BCUT2D eigenvalue weighted by atomic mass is 35.5. The van der Waals surface area contributed by atoms with Gasteiger partial charge in [-0.2, -0.15) is 5.10 Å². The van der Waals surface area contributed by atoms with Gasteiger partial charge in [0.2, 0.25) is 0 Å². The molecule has 1 heterocycles. The second-order valence-electron chi connectivity index (χ2n) is 3.76. The molecule has 2 aromatic rings. The van der Waals surface area contributed by atoms with E-state index in [4.69, 9.17) is 27.6 Å². The molecule has 0 fully saturated rings. The molecule has 1 aromatic heterocycles. The minimum absolute atomic E-state index is 0.135. The average molecular weight is 328 g/mol. The van der Waals surface area contributed by atoms with E-state index in [9.17, 15) is 14.9 Å². The van der Waals surface area contributed by atoms with Crippen molar-refractivity contribution in [1.82, 2.24) is 5.43 Å². The first-order chi connectivity index (χ1) is 9.97. The molecular weight excluding hydrogens is 321 g/mol. The van der Waals surface area contributed by atoms with Crippen LogP contribution in [0.2, 0.25) is 10.0 Å². The summed E-state index contributed by atoms with van der Waals surface area (Å²) in [6.07, 6.45) is 1.14. The lowest BCUT2D eigenvalue weighted by molar-refractivity contribution is -0.402. The van der Waals surface area contributed by atoms with Crippen LogP contribution in [0.1, 0.15) is 16.1 Å². The van der Waals surface area contributed by atoms with Gasteiger partial charge in [0.25, 0.3) is 5.91 Å². The average Bonchev–Trinajstić information content (AvgIpc) is 2.91. The van der Waals surface area contributed by atoms with Crippen LogP contribution in [0.15, 0.2) is 39.9 Å². The van der Waals surface area contributed by atoms with Gasteiger partial charge in [-0.25, -0.2) is 5.43 Å². The maximum atomic E-state index is 11.7. The first-order valence-corrected chi connectivity index (χ1v) is 6.25. The van der Waals surface area contributed by atoms with E-state index in [0.29, 0.717) is 5.02 Å². The molecule has 1 N–H and O–H groups in total. The number of carbonyl (C=O) groups excluding carboxylic acids is 1. The highest BCUT2D eigenvalue weighted by Gasteiger charge is 2.10. The molecule has 108 valence electrons. The SMILES string of the molecule is O=C(N/N=C\c1ccc([N+](=O)[O-])o1)c1ccc(Cl)c(Cl)c1. The molecule has 1 amide bonds. The third kappa shape index (κ3) is 3.80. The van der Waals surface area contributed by atoms with Crippen molar-refractivity contribution in [2.24, 2.45) is 5.10 Å². The third-order valence-electron chi connectivity index (χ3n) is 2.33. The van der Waals surface area contributed by atoms with Crippen molar-refractivity contribution in [3.05, 3.63) is 61.8 Å². The number of furan rings is 1. The standard InChI is InChI=1S/C12H7Cl2N3O4/c13-9-3-1-7(5-10(9)14)12(18)16-15-6-8-2-4-11(21-8)17(19)20/h1-6H,(H,16,18)/b15-6-. The molecule has 0 aliphatic rings. The van der Waals surface area contributed by atoms with E-state index in [1.54, 1.807) is 0 Å². The quantitative estimate of drug-likeness (QED) is 0.529. The number of carbonyl (C=O) groups is 1. The second-order valence-corrected chi connectivity index (χ2v) is 4.58. The lowest BCUT2D eigenvalue weighted by atomic mass is 10.2. The summed E-state index contributed by atoms with van der Waals surface area (Å²) in [6.45, 7) is 0. The molecule has 0 saturated carbocycles. The van der Waals surface area contributed by atoms with Crippen molar-refractivity contribution in [1.29, 1.82) is 0 Å². The Morgan fingerprint density at radius 3 is 2.67 bits per heavy atom. The molecule has 0 atom stereocenters. The Morgan fingerprint density at radius 1 is 1.29 bits per heavy atom. The van der Waals surface area contributed by atoms with E-state index in [-0.39, 0.29) is 16.3 Å². The van der Waals surface area contributed by atoms with Crippen LogP contribution in [0.25, 0.3) is 0 Å². The van der Waals surface area contributed by atoms with Crippen molar-refractivity contribution in [3.63, 3.8) is 0 Å². The van der Waals surface area contributed by atoms with Crippen LogP contribution in [0.4, 0.5) is 5.88 Å². The van der Waals surface area contributed by atoms with Crippen molar-refractivity contribution >= 4 is 41.2 Å². The Kier molecular flexibility index (Phi) is 4.56. The maximum Gasteiger partial charge on any atom is 0.433 e. The molecule has 9 heteroatoms. The number of hydrogen-bond donors (Lipinski definition) is 1. The molecule has 0 unspecified atom stereocenters.